The molecule has 1 rings (SSSR count). The highest BCUT2D eigenvalue weighted by molar-refractivity contribution is 5.81. The molecule has 1 aliphatic heterocycles. The summed E-state index contributed by atoms with van der Waals surface area (Å²) in [4.78, 5) is 57.5. The molecule has 242 valence electrons. The van der Waals surface area contributed by atoms with Crippen LogP contribution in [-0.2, 0) is 61.9 Å². The number of hydrogen-bond acceptors (Lipinski definition) is 13. The number of hydrogen-bond donors (Lipinski definition) is 2. The zero-order chi connectivity index (χ0) is 31.7. The van der Waals surface area contributed by atoms with Crippen molar-refractivity contribution in [2.24, 2.45) is 0 Å². The van der Waals surface area contributed by atoms with E-state index < -0.39 is 66.5 Å². The largest absolute Gasteiger partial charge is 0.471 e. The van der Waals surface area contributed by atoms with Crippen LogP contribution in [0.25, 0.3) is 0 Å². The number of esters is 3. The highest BCUT2D eigenvalue weighted by Crippen LogP contribution is 2.28. The first kappa shape index (κ1) is 37.0. The van der Waals surface area contributed by atoms with Crippen molar-refractivity contribution in [3.63, 3.8) is 0 Å². The Morgan fingerprint density at radius 3 is 1.76 bits per heavy atom. The number of carbonyl (C=O) groups is 5. The second kappa shape index (κ2) is 19.2. The molecule has 15 nitrogen and oxygen atoms in total. The van der Waals surface area contributed by atoms with Crippen LogP contribution in [0.5, 0.6) is 0 Å². The number of rotatable bonds is 18. The topological polar surface area (TPSA) is 183 Å². The van der Waals surface area contributed by atoms with Gasteiger partial charge >= 0.3 is 30.0 Å². The average molecular weight is 619 g/mol. The molecule has 0 aromatic heterocycles. The Balaban J connectivity index is 2.53. The molecule has 0 aromatic carbocycles. The Labute approximate surface area is 239 Å². The van der Waals surface area contributed by atoms with Crippen molar-refractivity contribution in [2.75, 3.05) is 59.4 Å². The van der Waals surface area contributed by atoms with E-state index in [1.165, 1.54) is 13.8 Å². The molecule has 0 spiro atoms. The summed E-state index contributed by atoms with van der Waals surface area (Å²) in [5.41, 5.74) is 0. The third-order valence-electron chi connectivity index (χ3n) is 5.11. The van der Waals surface area contributed by atoms with Crippen LogP contribution in [0.4, 0.5) is 13.2 Å². The molecule has 0 bridgehead atoms. The van der Waals surface area contributed by atoms with Crippen LogP contribution in [0.15, 0.2) is 0 Å². The lowest BCUT2D eigenvalue weighted by Gasteiger charge is -2.44. The van der Waals surface area contributed by atoms with Gasteiger partial charge in [-0.25, -0.2) is 0 Å². The Kier molecular flexibility index (Phi) is 16.9. The van der Waals surface area contributed by atoms with Gasteiger partial charge in [0, 0.05) is 34.2 Å². The van der Waals surface area contributed by atoms with E-state index in [2.05, 4.69) is 5.32 Å². The number of carbonyl (C=O) groups excluding carboxylic acids is 5. The number of halogens is 3. The molecule has 2 N–H and O–H groups in total. The van der Waals surface area contributed by atoms with Crippen molar-refractivity contribution < 1.29 is 75.0 Å². The highest BCUT2D eigenvalue weighted by atomic mass is 19.4. The van der Waals surface area contributed by atoms with Crippen molar-refractivity contribution in [1.82, 2.24) is 10.6 Å². The van der Waals surface area contributed by atoms with E-state index in [1.54, 1.807) is 5.32 Å². The lowest BCUT2D eigenvalue weighted by atomic mass is 9.96. The van der Waals surface area contributed by atoms with Gasteiger partial charge in [-0.15, -0.1) is 0 Å². The van der Waals surface area contributed by atoms with Gasteiger partial charge in [0.05, 0.1) is 46.2 Å². The van der Waals surface area contributed by atoms with Gasteiger partial charge in [-0.2, -0.15) is 13.2 Å². The SMILES string of the molecule is CC(=O)NC1C(OCCOCCOCCOCCNC(=O)C(F)(F)F)OC(COC(C)=O)C(OC(C)=O)C1OC(C)=O. The van der Waals surface area contributed by atoms with E-state index in [1.807, 2.05) is 0 Å². The first-order valence-corrected chi connectivity index (χ1v) is 12.8. The maximum absolute atomic E-state index is 12.0. The zero-order valence-corrected chi connectivity index (χ0v) is 23.7. The first-order valence-electron chi connectivity index (χ1n) is 12.8. The standard InChI is InChI=1S/C24H37F3N2O13/c1-14(30)29-19-21(41-17(4)33)20(40-16(3)32)18(13-39-15(2)31)42-22(19)38-12-11-37-10-9-36-8-7-35-6-5-28-23(34)24(25,26)27/h18-22H,5-13H2,1-4H3,(H,28,34)(H,29,30). The predicted octanol–water partition coefficient (Wildman–Crippen LogP) is -0.613. The van der Waals surface area contributed by atoms with E-state index in [-0.39, 0.29) is 59.4 Å². The van der Waals surface area contributed by atoms with E-state index >= 15 is 0 Å². The minimum Gasteiger partial charge on any atom is -0.463 e. The maximum atomic E-state index is 12.0. The summed E-state index contributed by atoms with van der Waals surface area (Å²) in [6.45, 7) is 4.36. The van der Waals surface area contributed by atoms with Crippen LogP contribution in [0.2, 0.25) is 0 Å². The molecule has 5 unspecified atom stereocenters. The molecule has 0 aromatic rings. The predicted molar refractivity (Wildman–Crippen MR) is 131 cm³/mol. The van der Waals surface area contributed by atoms with E-state index in [0.29, 0.717) is 0 Å². The third kappa shape index (κ3) is 15.2. The van der Waals surface area contributed by atoms with Crippen molar-refractivity contribution >= 4 is 29.7 Å². The van der Waals surface area contributed by atoms with E-state index in [0.717, 1.165) is 13.8 Å². The van der Waals surface area contributed by atoms with Gasteiger partial charge in [-0.05, 0) is 0 Å². The molecule has 0 aliphatic carbocycles. The molecular weight excluding hydrogens is 581 g/mol. The van der Waals surface area contributed by atoms with Crippen molar-refractivity contribution in [2.45, 2.75) is 64.5 Å². The Bertz CT molecular complexity index is 890. The van der Waals surface area contributed by atoms with Gasteiger partial charge in [0.1, 0.15) is 18.8 Å². The smallest absolute Gasteiger partial charge is 0.463 e. The minimum atomic E-state index is -4.95. The van der Waals surface area contributed by atoms with Gasteiger partial charge in [-0.3, -0.25) is 24.0 Å². The molecule has 5 atom stereocenters. The summed E-state index contributed by atoms with van der Waals surface area (Å²) in [6.07, 6.45) is -9.75. The van der Waals surface area contributed by atoms with E-state index in [4.69, 9.17) is 37.9 Å². The normalized spacial score (nSPS) is 22.1. The fourth-order valence-corrected chi connectivity index (χ4v) is 3.54. The maximum Gasteiger partial charge on any atom is 0.471 e. The van der Waals surface area contributed by atoms with Crippen LogP contribution in [0.1, 0.15) is 27.7 Å². The number of amides is 2. The quantitative estimate of drug-likeness (QED) is 0.113. The van der Waals surface area contributed by atoms with Crippen molar-refractivity contribution in [3.05, 3.63) is 0 Å². The van der Waals surface area contributed by atoms with Crippen molar-refractivity contribution in [1.29, 1.82) is 0 Å². The lowest BCUT2D eigenvalue weighted by Crippen LogP contribution is -2.66. The first-order chi connectivity index (χ1) is 19.7. The molecule has 0 saturated carbocycles. The summed E-state index contributed by atoms with van der Waals surface area (Å²) >= 11 is 0. The van der Waals surface area contributed by atoms with Gasteiger partial charge in [0.15, 0.2) is 18.5 Å². The van der Waals surface area contributed by atoms with Crippen molar-refractivity contribution in [3.8, 4) is 0 Å². The molecule has 42 heavy (non-hydrogen) atoms. The van der Waals surface area contributed by atoms with Crippen LogP contribution < -0.4 is 10.6 Å². The Hall–Kier alpha value is -3.06. The molecule has 2 amide bonds. The summed E-state index contributed by atoms with van der Waals surface area (Å²) in [5.74, 6) is -4.66. The van der Waals surface area contributed by atoms with Gasteiger partial charge in [0.25, 0.3) is 0 Å². The molecule has 0 radical (unpaired) electrons. The highest BCUT2D eigenvalue weighted by Gasteiger charge is 2.51. The average Bonchev–Trinajstić information content (AvgIpc) is 2.87. The molecule has 1 aliphatic rings. The minimum absolute atomic E-state index is 0.0473. The fourth-order valence-electron chi connectivity index (χ4n) is 3.54. The van der Waals surface area contributed by atoms with Gasteiger partial charge in [0.2, 0.25) is 5.91 Å². The fraction of sp³-hybridized carbons (Fsp3) is 0.792. The number of alkyl halides is 3. The summed E-state index contributed by atoms with van der Waals surface area (Å²) in [7, 11) is 0. The lowest BCUT2D eigenvalue weighted by molar-refractivity contribution is -0.279. The number of nitrogens with one attached hydrogen (secondary N) is 2. The van der Waals surface area contributed by atoms with Crippen LogP contribution in [0, 0.1) is 0 Å². The van der Waals surface area contributed by atoms with Crippen LogP contribution >= 0.6 is 0 Å². The molecule has 1 fully saturated rings. The zero-order valence-electron chi connectivity index (χ0n) is 23.7. The molecule has 1 heterocycles. The molecule has 18 heteroatoms. The van der Waals surface area contributed by atoms with E-state index in [9.17, 15) is 37.1 Å². The Morgan fingerprint density at radius 1 is 0.738 bits per heavy atom. The third-order valence-corrected chi connectivity index (χ3v) is 5.11. The monoisotopic (exact) mass is 618 g/mol. The summed E-state index contributed by atoms with van der Waals surface area (Å²) < 4.78 is 79.1. The molecular formula is C24H37F3N2O13. The second-order valence-electron chi connectivity index (χ2n) is 8.68. The van der Waals surface area contributed by atoms with Crippen LogP contribution in [-0.4, -0.2) is 126 Å². The summed E-state index contributed by atoms with van der Waals surface area (Å²) in [5, 5.41) is 4.24. The van der Waals surface area contributed by atoms with Gasteiger partial charge < -0.3 is 48.5 Å². The Morgan fingerprint density at radius 2 is 1.26 bits per heavy atom. The van der Waals surface area contributed by atoms with Gasteiger partial charge in [-0.1, -0.05) is 0 Å². The van der Waals surface area contributed by atoms with Crippen LogP contribution in [0.3, 0.4) is 0 Å². The summed E-state index contributed by atoms with van der Waals surface area (Å²) in [6, 6.07) is -1.10. The molecule has 1 saturated heterocycles. The second-order valence-corrected chi connectivity index (χ2v) is 8.68. The number of ether oxygens (including phenoxy) is 8.